The van der Waals surface area contributed by atoms with E-state index in [1.807, 2.05) is 6.07 Å². The van der Waals surface area contributed by atoms with Gasteiger partial charge in [-0.25, -0.2) is 0 Å². The highest BCUT2D eigenvalue weighted by molar-refractivity contribution is 5.98. The van der Waals surface area contributed by atoms with Gasteiger partial charge in [0.1, 0.15) is 5.41 Å². The number of hydrogen-bond acceptors (Lipinski definition) is 3. The molecular formula is C13H14N2O2. The van der Waals surface area contributed by atoms with Gasteiger partial charge in [0.05, 0.1) is 6.07 Å². The summed E-state index contributed by atoms with van der Waals surface area (Å²) < 4.78 is 0. The van der Waals surface area contributed by atoms with E-state index in [4.69, 9.17) is 5.26 Å². The van der Waals surface area contributed by atoms with Crippen molar-refractivity contribution in [3.8, 4) is 6.07 Å². The van der Waals surface area contributed by atoms with Gasteiger partial charge in [0.25, 0.3) is 0 Å². The molecular weight excluding hydrogens is 216 g/mol. The van der Waals surface area contributed by atoms with E-state index in [9.17, 15) is 9.59 Å². The fourth-order valence-corrected chi connectivity index (χ4v) is 1.13. The highest BCUT2D eigenvalue weighted by atomic mass is 16.2. The van der Waals surface area contributed by atoms with Crippen molar-refractivity contribution in [3.63, 3.8) is 0 Å². The molecule has 1 aromatic rings. The Kier molecular flexibility index (Phi) is 3.64. The number of ketones is 1. The molecule has 1 aromatic carbocycles. The fraction of sp³-hybridized carbons (Fsp3) is 0.308. The van der Waals surface area contributed by atoms with Crippen molar-refractivity contribution in [2.24, 2.45) is 5.41 Å². The van der Waals surface area contributed by atoms with Gasteiger partial charge in [0.15, 0.2) is 5.78 Å². The summed E-state index contributed by atoms with van der Waals surface area (Å²) >= 11 is 0. The number of nitriles is 1. The van der Waals surface area contributed by atoms with E-state index in [0.717, 1.165) is 0 Å². The molecule has 0 saturated heterocycles. The second kappa shape index (κ2) is 4.79. The van der Waals surface area contributed by atoms with Crippen LogP contribution in [-0.4, -0.2) is 11.7 Å². The minimum Gasteiger partial charge on any atom is -0.325 e. The number of carbonyl (C=O) groups is 2. The minimum absolute atomic E-state index is 0.0276. The van der Waals surface area contributed by atoms with Crippen LogP contribution >= 0.6 is 0 Å². The van der Waals surface area contributed by atoms with Crippen LogP contribution in [0.25, 0.3) is 0 Å². The Labute approximate surface area is 100 Å². The van der Waals surface area contributed by atoms with Gasteiger partial charge in [0, 0.05) is 11.3 Å². The summed E-state index contributed by atoms with van der Waals surface area (Å²) in [6.07, 6.45) is 0. The SMILES string of the molecule is CC(=O)c1ccc(NC(=O)C(C)(C)C#N)cc1. The lowest BCUT2D eigenvalue weighted by Crippen LogP contribution is -2.29. The Morgan fingerprint density at radius 2 is 1.76 bits per heavy atom. The van der Waals surface area contributed by atoms with E-state index < -0.39 is 5.41 Å². The third-order valence-electron chi connectivity index (χ3n) is 2.40. The van der Waals surface area contributed by atoms with E-state index in [1.54, 1.807) is 38.1 Å². The smallest absolute Gasteiger partial charge is 0.244 e. The van der Waals surface area contributed by atoms with Crippen LogP contribution in [0, 0.1) is 16.7 Å². The van der Waals surface area contributed by atoms with Crippen LogP contribution < -0.4 is 5.32 Å². The van der Waals surface area contributed by atoms with Crippen LogP contribution in [0.3, 0.4) is 0 Å². The molecule has 0 fully saturated rings. The van der Waals surface area contributed by atoms with E-state index >= 15 is 0 Å². The zero-order chi connectivity index (χ0) is 13.1. The first-order valence-corrected chi connectivity index (χ1v) is 5.20. The maximum atomic E-state index is 11.7. The molecule has 4 heteroatoms. The maximum absolute atomic E-state index is 11.7. The summed E-state index contributed by atoms with van der Waals surface area (Å²) in [5.41, 5.74) is 0.0880. The first-order chi connectivity index (χ1) is 7.86. The van der Waals surface area contributed by atoms with Gasteiger partial charge >= 0.3 is 0 Å². The Morgan fingerprint density at radius 1 is 1.24 bits per heavy atom. The van der Waals surface area contributed by atoms with Gasteiger partial charge in [0.2, 0.25) is 5.91 Å². The monoisotopic (exact) mass is 230 g/mol. The normalized spacial score (nSPS) is 10.5. The predicted molar refractivity (Wildman–Crippen MR) is 64.5 cm³/mol. The molecule has 0 bridgehead atoms. The molecule has 0 aliphatic rings. The molecule has 4 nitrogen and oxygen atoms in total. The summed E-state index contributed by atoms with van der Waals surface area (Å²) in [5, 5.41) is 11.4. The van der Waals surface area contributed by atoms with E-state index in [1.165, 1.54) is 6.92 Å². The molecule has 1 N–H and O–H groups in total. The Morgan fingerprint density at radius 3 is 2.18 bits per heavy atom. The molecule has 0 atom stereocenters. The predicted octanol–water partition coefficient (Wildman–Crippen LogP) is 2.38. The number of nitrogens with zero attached hydrogens (tertiary/aromatic N) is 1. The number of nitrogens with one attached hydrogen (secondary N) is 1. The maximum Gasteiger partial charge on any atom is 0.244 e. The molecule has 88 valence electrons. The fourth-order valence-electron chi connectivity index (χ4n) is 1.13. The van der Waals surface area contributed by atoms with Crippen molar-refractivity contribution in [1.29, 1.82) is 5.26 Å². The molecule has 0 aromatic heterocycles. The van der Waals surface area contributed by atoms with Crippen molar-refractivity contribution in [3.05, 3.63) is 29.8 Å². The molecule has 1 rings (SSSR count). The molecule has 0 unspecified atom stereocenters. The van der Waals surface area contributed by atoms with E-state index in [0.29, 0.717) is 11.3 Å². The second-order valence-corrected chi connectivity index (χ2v) is 4.32. The summed E-state index contributed by atoms with van der Waals surface area (Å²) in [6, 6.07) is 8.48. The zero-order valence-electron chi connectivity index (χ0n) is 10.1. The highest BCUT2D eigenvalue weighted by Gasteiger charge is 2.27. The van der Waals surface area contributed by atoms with Crippen LogP contribution in [0.5, 0.6) is 0 Å². The van der Waals surface area contributed by atoms with Crippen molar-refractivity contribution in [2.45, 2.75) is 20.8 Å². The number of anilines is 1. The third-order valence-corrected chi connectivity index (χ3v) is 2.40. The number of amides is 1. The number of hydrogen-bond donors (Lipinski definition) is 1. The molecule has 0 spiro atoms. The summed E-state index contributed by atoms with van der Waals surface area (Å²) in [5.74, 6) is -0.393. The lowest BCUT2D eigenvalue weighted by Gasteiger charge is -2.14. The number of rotatable bonds is 3. The lowest BCUT2D eigenvalue weighted by atomic mass is 9.94. The summed E-state index contributed by atoms with van der Waals surface area (Å²) in [4.78, 5) is 22.7. The van der Waals surface area contributed by atoms with Crippen molar-refractivity contribution < 1.29 is 9.59 Å². The number of carbonyl (C=O) groups excluding carboxylic acids is 2. The first kappa shape index (κ1) is 12.9. The van der Waals surface area contributed by atoms with Crippen molar-refractivity contribution in [1.82, 2.24) is 0 Å². The molecule has 17 heavy (non-hydrogen) atoms. The van der Waals surface area contributed by atoms with Crippen LogP contribution in [0.2, 0.25) is 0 Å². The van der Waals surface area contributed by atoms with Crippen molar-refractivity contribution in [2.75, 3.05) is 5.32 Å². The topological polar surface area (TPSA) is 70.0 Å². The van der Waals surface area contributed by atoms with Crippen LogP contribution in [-0.2, 0) is 4.79 Å². The molecule has 1 amide bonds. The lowest BCUT2D eigenvalue weighted by molar-refractivity contribution is -0.121. The Hall–Kier alpha value is -2.15. The third kappa shape index (κ3) is 3.15. The molecule has 0 radical (unpaired) electrons. The van der Waals surface area contributed by atoms with Gasteiger partial charge in [-0.1, -0.05) is 0 Å². The standard InChI is InChI=1S/C13H14N2O2/c1-9(16)10-4-6-11(7-5-10)15-12(17)13(2,3)8-14/h4-7H,1-3H3,(H,15,17). The van der Waals surface area contributed by atoms with Crippen molar-refractivity contribution >= 4 is 17.4 Å². The van der Waals surface area contributed by atoms with Gasteiger partial charge in [-0.05, 0) is 45.0 Å². The van der Waals surface area contributed by atoms with Gasteiger partial charge in [-0.2, -0.15) is 5.26 Å². The first-order valence-electron chi connectivity index (χ1n) is 5.20. The molecule has 0 aliphatic carbocycles. The van der Waals surface area contributed by atoms with Crippen LogP contribution in [0.1, 0.15) is 31.1 Å². The summed E-state index contributed by atoms with van der Waals surface area (Å²) in [7, 11) is 0. The minimum atomic E-state index is -1.07. The molecule has 0 heterocycles. The average molecular weight is 230 g/mol. The largest absolute Gasteiger partial charge is 0.325 e. The molecule has 0 saturated carbocycles. The number of Topliss-reactive ketones (excluding diaryl/α,β-unsaturated/α-hetero) is 1. The quantitative estimate of drug-likeness (QED) is 0.810. The Balaban J connectivity index is 2.81. The van der Waals surface area contributed by atoms with Gasteiger partial charge in [-0.15, -0.1) is 0 Å². The Bertz CT molecular complexity index is 481. The summed E-state index contributed by atoms with van der Waals surface area (Å²) in [6.45, 7) is 4.57. The van der Waals surface area contributed by atoms with E-state index in [2.05, 4.69) is 5.32 Å². The van der Waals surface area contributed by atoms with E-state index in [-0.39, 0.29) is 11.7 Å². The van der Waals surface area contributed by atoms with Crippen LogP contribution in [0.4, 0.5) is 5.69 Å². The second-order valence-electron chi connectivity index (χ2n) is 4.32. The number of benzene rings is 1. The molecule has 0 aliphatic heterocycles. The zero-order valence-corrected chi connectivity index (χ0v) is 10.1. The van der Waals surface area contributed by atoms with Crippen LogP contribution in [0.15, 0.2) is 24.3 Å². The average Bonchev–Trinajstić information content (AvgIpc) is 2.29. The van der Waals surface area contributed by atoms with Gasteiger partial charge in [-0.3, -0.25) is 9.59 Å². The highest BCUT2D eigenvalue weighted by Crippen LogP contribution is 2.17. The van der Waals surface area contributed by atoms with Gasteiger partial charge < -0.3 is 5.32 Å².